The fourth-order valence-corrected chi connectivity index (χ4v) is 1.19. The van der Waals surface area contributed by atoms with Crippen molar-refractivity contribution in [3.8, 4) is 11.9 Å². The molecule has 0 radical (unpaired) electrons. The summed E-state index contributed by atoms with van der Waals surface area (Å²) in [6.45, 7) is 2.15. The maximum absolute atomic E-state index is 5.15. The molecule has 1 rings (SSSR count). The van der Waals surface area contributed by atoms with Gasteiger partial charge in [-0.25, -0.2) is 4.98 Å². The van der Waals surface area contributed by atoms with E-state index in [0.29, 0.717) is 11.9 Å². The van der Waals surface area contributed by atoms with Gasteiger partial charge in [0.05, 0.1) is 14.2 Å². The van der Waals surface area contributed by atoms with Crippen molar-refractivity contribution in [1.29, 1.82) is 0 Å². The summed E-state index contributed by atoms with van der Waals surface area (Å²) >= 11 is 0. The first-order valence-electron chi connectivity index (χ1n) is 4.75. The zero-order valence-electron chi connectivity index (χ0n) is 8.91. The number of hydrogen-bond acceptors (Lipinski definition) is 4. The standard InChI is InChI=1S/C10H16N2O2/c1-4-5-6-8-7-11-10(14-3)12-9(8)13-2/h7H,4-6H2,1-3H3. The average molecular weight is 196 g/mol. The number of hydrogen-bond donors (Lipinski definition) is 0. The Labute approximate surface area is 84.3 Å². The second-order valence-corrected chi connectivity index (χ2v) is 2.99. The lowest BCUT2D eigenvalue weighted by molar-refractivity contribution is 0.348. The lowest BCUT2D eigenvalue weighted by Crippen LogP contribution is -2.00. The second-order valence-electron chi connectivity index (χ2n) is 2.99. The number of aryl methyl sites for hydroxylation is 1. The van der Waals surface area contributed by atoms with Gasteiger partial charge in [0.2, 0.25) is 5.88 Å². The molecule has 0 N–H and O–H groups in total. The van der Waals surface area contributed by atoms with E-state index < -0.39 is 0 Å². The lowest BCUT2D eigenvalue weighted by Gasteiger charge is -2.07. The van der Waals surface area contributed by atoms with E-state index in [2.05, 4.69) is 16.9 Å². The van der Waals surface area contributed by atoms with Crippen molar-refractivity contribution in [1.82, 2.24) is 9.97 Å². The van der Waals surface area contributed by atoms with Crippen LogP contribution < -0.4 is 9.47 Å². The van der Waals surface area contributed by atoms with E-state index in [9.17, 15) is 0 Å². The van der Waals surface area contributed by atoms with Crippen molar-refractivity contribution in [2.45, 2.75) is 26.2 Å². The molecule has 14 heavy (non-hydrogen) atoms. The molecule has 1 aromatic heterocycles. The summed E-state index contributed by atoms with van der Waals surface area (Å²) in [7, 11) is 3.15. The number of methoxy groups -OCH3 is 2. The van der Waals surface area contributed by atoms with Crippen LogP contribution in [0.3, 0.4) is 0 Å². The SMILES string of the molecule is CCCCc1cnc(OC)nc1OC. The lowest BCUT2D eigenvalue weighted by atomic mass is 10.1. The first kappa shape index (κ1) is 10.8. The molecule has 0 atom stereocenters. The Morgan fingerprint density at radius 3 is 2.64 bits per heavy atom. The van der Waals surface area contributed by atoms with Crippen LogP contribution in [0, 0.1) is 0 Å². The first-order chi connectivity index (χ1) is 6.81. The molecule has 0 spiro atoms. The van der Waals surface area contributed by atoms with Crippen molar-refractivity contribution in [3.63, 3.8) is 0 Å². The van der Waals surface area contributed by atoms with Gasteiger partial charge in [-0.3, -0.25) is 0 Å². The molecule has 0 aliphatic heterocycles. The van der Waals surface area contributed by atoms with Crippen LogP contribution in [-0.4, -0.2) is 24.2 Å². The van der Waals surface area contributed by atoms with Gasteiger partial charge in [-0.05, 0) is 12.8 Å². The summed E-state index contributed by atoms with van der Waals surface area (Å²) < 4.78 is 10.1. The van der Waals surface area contributed by atoms with Gasteiger partial charge in [-0.2, -0.15) is 4.98 Å². The highest BCUT2D eigenvalue weighted by Gasteiger charge is 2.06. The molecule has 1 aromatic rings. The third-order valence-electron chi connectivity index (χ3n) is 1.98. The molecule has 4 nitrogen and oxygen atoms in total. The van der Waals surface area contributed by atoms with Crippen LogP contribution in [0.4, 0.5) is 0 Å². The molecular formula is C10H16N2O2. The molecule has 0 fully saturated rings. The van der Waals surface area contributed by atoms with E-state index in [1.54, 1.807) is 20.4 Å². The molecule has 0 aliphatic rings. The van der Waals surface area contributed by atoms with Crippen molar-refractivity contribution < 1.29 is 9.47 Å². The predicted molar refractivity (Wildman–Crippen MR) is 53.7 cm³/mol. The fraction of sp³-hybridized carbons (Fsp3) is 0.600. The van der Waals surface area contributed by atoms with Crippen LogP contribution >= 0.6 is 0 Å². The maximum Gasteiger partial charge on any atom is 0.319 e. The molecule has 0 unspecified atom stereocenters. The van der Waals surface area contributed by atoms with E-state index in [1.165, 1.54) is 0 Å². The Morgan fingerprint density at radius 1 is 1.29 bits per heavy atom. The van der Waals surface area contributed by atoms with E-state index in [0.717, 1.165) is 24.8 Å². The first-order valence-corrected chi connectivity index (χ1v) is 4.75. The van der Waals surface area contributed by atoms with Crippen molar-refractivity contribution >= 4 is 0 Å². The minimum atomic E-state index is 0.349. The summed E-state index contributed by atoms with van der Waals surface area (Å²) in [6.07, 6.45) is 4.98. The Bertz CT molecular complexity index is 289. The highest BCUT2D eigenvalue weighted by atomic mass is 16.5. The number of rotatable bonds is 5. The van der Waals surface area contributed by atoms with E-state index in [4.69, 9.17) is 9.47 Å². The highest BCUT2D eigenvalue weighted by Crippen LogP contribution is 2.18. The molecular weight excluding hydrogens is 180 g/mol. The summed E-state index contributed by atoms with van der Waals surface area (Å²) in [6, 6.07) is 0.349. The fourth-order valence-electron chi connectivity index (χ4n) is 1.19. The minimum absolute atomic E-state index is 0.349. The number of ether oxygens (including phenoxy) is 2. The van der Waals surface area contributed by atoms with Gasteiger partial charge in [0.1, 0.15) is 0 Å². The van der Waals surface area contributed by atoms with Crippen LogP contribution in [0.1, 0.15) is 25.3 Å². The van der Waals surface area contributed by atoms with Gasteiger partial charge < -0.3 is 9.47 Å². The van der Waals surface area contributed by atoms with E-state index >= 15 is 0 Å². The molecule has 0 saturated heterocycles. The van der Waals surface area contributed by atoms with Gasteiger partial charge in [0.25, 0.3) is 0 Å². The van der Waals surface area contributed by atoms with Gasteiger partial charge in [0.15, 0.2) is 0 Å². The van der Waals surface area contributed by atoms with E-state index in [1.807, 2.05) is 0 Å². The summed E-state index contributed by atoms with van der Waals surface area (Å²) in [4.78, 5) is 8.15. The van der Waals surface area contributed by atoms with Gasteiger partial charge in [-0.1, -0.05) is 13.3 Å². The van der Waals surface area contributed by atoms with Crippen LogP contribution in [0.2, 0.25) is 0 Å². The Hall–Kier alpha value is -1.32. The van der Waals surface area contributed by atoms with Crippen molar-refractivity contribution in [2.75, 3.05) is 14.2 Å². The smallest absolute Gasteiger partial charge is 0.319 e. The quantitative estimate of drug-likeness (QED) is 0.720. The van der Waals surface area contributed by atoms with Gasteiger partial charge in [-0.15, -0.1) is 0 Å². The van der Waals surface area contributed by atoms with Gasteiger partial charge >= 0.3 is 6.01 Å². The van der Waals surface area contributed by atoms with Gasteiger partial charge in [0, 0.05) is 11.8 Å². The second kappa shape index (κ2) is 5.42. The van der Waals surface area contributed by atoms with Crippen LogP contribution in [0.25, 0.3) is 0 Å². The van der Waals surface area contributed by atoms with Crippen molar-refractivity contribution in [3.05, 3.63) is 11.8 Å². The molecule has 0 amide bonds. The monoisotopic (exact) mass is 196 g/mol. The Kier molecular flexibility index (Phi) is 4.16. The highest BCUT2D eigenvalue weighted by molar-refractivity contribution is 5.25. The predicted octanol–water partition coefficient (Wildman–Crippen LogP) is 1.84. The minimum Gasteiger partial charge on any atom is -0.481 e. The topological polar surface area (TPSA) is 44.2 Å². The number of unbranched alkanes of at least 4 members (excludes halogenated alkanes) is 1. The molecule has 0 aliphatic carbocycles. The molecule has 0 aromatic carbocycles. The van der Waals surface area contributed by atoms with E-state index in [-0.39, 0.29) is 0 Å². The summed E-state index contributed by atoms with van der Waals surface area (Å²) in [5.74, 6) is 0.616. The molecule has 4 heteroatoms. The normalized spacial score (nSPS) is 9.93. The van der Waals surface area contributed by atoms with Crippen molar-refractivity contribution in [2.24, 2.45) is 0 Å². The number of aromatic nitrogens is 2. The molecule has 0 saturated carbocycles. The molecule has 78 valence electrons. The summed E-state index contributed by atoms with van der Waals surface area (Å²) in [5, 5.41) is 0. The maximum atomic E-state index is 5.15. The summed E-state index contributed by atoms with van der Waals surface area (Å²) in [5.41, 5.74) is 1.04. The zero-order valence-corrected chi connectivity index (χ0v) is 8.91. The van der Waals surface area contributed by atoms with Crippen LogP contribution in [-0.2, 0) is 6.42 Å². The molecule has 0 bridgehead atoms. The van der Waals surface area contributed by atoms with Crippen LogP contribution in [0.5, 0.6) is 11.9 Å². The average Bonchev–Trinajstić information content (AvgIpc) is 2.26. The zero-order chi connectivity index (χ0) is 10.4. The largest absolute Gasteiger partial charge is 0.481 e. The molecule has 1 heterocycles. The number of nitrogens with zero attached hydrogens (tertiary/aromatic N) is 2. The van der Waals surface area contributed by atoms with Crippen LogP contribution in [0.15, 0.2) is 6.20 Å². The third-order valence-corrected chi connectivity index (χ3v) is 1.98. The Balaban J connectivity index is 2.82. The Morgan fingerprint density at radius 2 is 2.07 bits per heavy atom. The third kappa shape index (κ3) is 2.58.